The molecule has 1 amide bonds. The SMILES string of the molecule is Cc1ccc(-n2ncc(C(=O)NCC(C)C)c2-n2cccc2)cc1C. The summed E-state index contributed by atoms with van der Waals surface area (Å²) in [4.78, 5) is 12.7. The summed E-state index contributed by atoms with van der Waals surface area (Å²) in [6, 6.07) is 10.1. The summed E-state index contributed by atoms with van der Waals surface area (Å²) in [6.45, 7) is 8.95. The van der Waals surface area contributed by atoms with Crippen molar-refractivity contribution in [1.82, 2.24) is 19.7 Å². The Morgan fingerprint density at radius 3 is 2.52 bits per heavy atom. The number of carbonyl (C=O) groups excluding carboxylic acids is 1. The quantitative estimate of drug-likeness (QED) is 0.773. The predicted octanol–water partition coefficient (Wildman–Crippen LogP) is 3.67. The Labute approximate surface area is 148 Å². The van der Waals surface area contributed by atoms with Gasteiger partial charge < -0.3 is 9.88 Å². The van der Waals surface area contributed by atoms with Crippen LogP contribution in [0.15, 0.2) is 48.9 Å². The molecule has 2 aromatic heterocycles. The standard InChI is InChI=1S/C20H24N4O/c1-14(2)12-21-19(25)18-13-22-24(20(18)23-9-5-6-10-23)17-8-7-15(3)16(4)11-17/h5-11,13-14H,12H2,1-4H3,(H,21,25). The molecule has 0 radical (unpaired) electrons. The van der Waals surface area contributed by atoms with Gasteiger partial charge in [-0.1, -0.05) is 19.9 Å². The second-order valence-electron chi connectivity index (χ2n) is 6.76. The van der Waals surface area contributed by atoms with E-state index in [9.17, 15) is 4.79 Å². The molecule has 0 atom stereocenters. The molecule has 0 saturated heterocycles. The minimum atomic E-state index is -0.104. The fourth-order valence-corrected chi connectivity index (χ4v) is 2.66. The number of hydrogen-bond acceptors (Lipinski definition) is 2. The first-order chi connectivity index (χ1) is 12.0. The largest absolute Gasteiger partial charge is 0.352 e. The zero-order valence-corrected chi connectivity index (χ0v) is 15.2. The van der Waals surface area contributed by atoms with Crippen molar-refractivity contribution in [3.63, 3.8) is 0 Å². The minimum absolute atomic E-state index is 0.104. The summed E-state index contributed by atoms with van der Waals surface area (Å²) in [5.74, 6) is 1.04. The van der Waals surface area contributed by atoms with E-state index in [0.29, 0.717) is 18.0 Å². The van der Waals surface area contributed by atoms with E-state index >= 15 is 0 Å². The van der Waals surface area contributed by atoms with E-state index in [1.165, 1.54) is 11.1 Å². The maximum atomic E-state index is 12.7. The van der Waals surface area contributed by atoms with Crippen LogP contribution in [0.3, 0.4) is 0 Å². The van der Waals surface area contributed by atoms with Gasteiger partial charge in [-0.25, -0.2) is 4.68 Å². The molecule has 0 fully saturated rings. The fraction of sp³-hybridized carbons (Fsp3) is 0.300. The maximum Gasteiger partial charge on any atom is 0.256 e. The summed E-state index contributed by atoms with van der Waals surface area (Å²) in [5.41, 5.74) is 3.93. The van der Waals surface area contributed by atoms with Crippen molar-refractivity contribution >= 4 is 5.91 Å². The number of amides is 1. The van der Waals surface area contributed by atoms with Gasteiger partial charge in [-0.05, 0) is 55.2 Å². The van der Waals surface area contributed by atoms with Crippen LogP contribution in [-0.2, 0) is 0 Å². The van der Waals surface area contributed by atoms with Crippen LogP contribution in [0.4, 0.5) is 0 Å². The Hall–Kier alpha value is -2.82. The molecule has 5 nitrogen and oxygen atoms in total. The lowest BCUT2D eigenvalue weighted by Crippen LogP contribution is -2.28. The molecule has 0 saturated carbocycles. The van der Waals surface area contributed by atoms with Gasteiger partial charge in [0.25, 0.3) is 5.91 Å². The molecule has 5 heteroatoms. The summed E-state index contributed by atoms with van der Waals surface area (Å²) in [5, 5.41) is 7.48. The molecule has 0 bridgehead atoms. The van der Waals surface area contributed by atoms with Crippen LogP contribution in [0.1, 0.15) is 35.3 Å². The first-order valence-corrected chi connectivity index (χ1v) is 8.54. The van der Waals surface area contributed by atoms with E-state index in [-0.39, 0.29) is 5.91 Å². The summed E-state index contributed by atoms with van der Waals surface area (Å²) >= 11 is 0. The van der Waals surface area contributed by atoms with E-state index in [1.807, 2.05) is 39.8 Å². The highest BCUT2D eigenvalue weighted by molar-refractivity contribution is 5.97. The number of hydrogen-bond donors (Lipinski definition) is 1. The van der Waals surface area contributed by atoms with E-state index in [1.54, 1.807) is 6.20 Å². The Kier molecular flexibility index (Phi) is 4.74. The van der Waals surface area contributed by atoms with Gasteiger partial charge in [0.2, 0.25) is 0 Å². The van der Waals surface area contributed by atoms with Crippen LogP contribution in [0.25, 0.3) is 11.5 Å². The lowest BCUT2D eigenvalue weighted by atomic mass is 10.1. The topological polar surface area (TPSA) is 51.9 Å². The molecule has 0 unspecified atom stereocenters. The Bertz CT molecular complexity index is 875. The number of aromatic nitrogens is 3. The van der Waals surface area contributed by atoms with Crippen LogP contribution in [0, 0.1) is 19.8 Å². The zero-order chi connectivity index (χ0) is 18.0. The van der Waals surface area contributed by atoms with Crippen molar-refractivity contribution < 1.29 is 4.79 Å². The van der Waals surface area contributed by atoms with Crippen LogP contribution in [-0.4, -0.2) is 26.8 Å². The highest BCUT2D eigenvalue weighted by atomic mass is 16.1. The molecule has 1 N–H and O–H groups in total. The average Bonchev–Trinajstić information content (AvgIpc) is 3.23. The first kappa shape index (κ1) is 17.0. The van der Waals surface area contributed by atoms with Gasteiger partial charge in [0.15, 0.2) is 5.82 Å². The van der Waals surface area contributed by atoms with E-state index in [4.69, 9.17) is 0 Å². The first-order valence-electron chi connectivity index (χ1n) is 8.54. The third kappa shape index (κ3) is 3.50. The van der Waals surface area contributed by atoms with Gasteiger partial charge in [0.05, 0.1) is 11.9 Å². The van der Waals surface area contributed by atoms with Crippen molar-refractivity contribution in [2.75, 3.05) is 6.54 Å². The molecule has 0 aliphatic heterocycles. The molecule has 3 aromatic rings. The molecule has 0 aliphatic carbocycles. The highest BCUT2D eigenvalue weighted by Gasteiger charge is 2.20. The van der Waals surface area contributed by atoms with Gasteiger partial charge in [0, 0.05) is 18.9 Å². The Balaban J connectivity index is 2.07. The second-order valence-corrected chi connectivity index (χ2v) is 6.76. The lowest BCUT2D eigenvalue weighted by Gasteiger charge is -2.13. The smallest absolute Gasteiger partial charge is 0.256 e. The van der Waals surface area contributed by atoms with Crippen LogP contribution in [0.2, 0.25) is 0 Å². The summed E-state index contributed by atoms with van der Waals surface area (Å²) < 4.78 is 3.74. The van der Waals surface area contributed by atoms with Crippen molar-refractivity contribution in [1.29, 1.82) is 0 Å². The normalized spacial score (nSPS) is 11.1. The van der Waals surface area contributed by atoms with Gasteiger partial charge >= 0.3 is 0 Å². The van der Waals surface area contributed by atoms with Gasteiger partial charge in [-0.15, -0.1) is 0 Å². The molecule has 0 aliphatic rings. The minimum Gasteiger partial charge on any atom is -0.352 e. The summed E-state index contributed by atoms with van der Waals surface area (Å²) in [6.07, 6.45) is 5.49. The molecular formula is C20H24N4O. The van der Waals surface area contributed by atoms with E-state index < -0.39 is 0 Å². The third-order valence-corrected chi connectivity index (χ3v) is 4.24. The van der Waals surface area contributed by atoms with Crippen molar-refractivity contribution in [2.24, 2.45) is 5.92 Å². The predicted molar refractivity (Wildman–Crippen MR) is 99.5 cm³/mol. The lowest BCUT2D eigenvalue weighted by molar-refractivity contribution is 0.0949. The Morgan fingerprint density at radius 2 is 1.88 bits per heavy atom. The summed E-state index contributed by atoms with van der Waals surface area (Å²) in [7, 11) is 0. The van der Waals surface area contributed by atoms with Crippen molar-refractivity contribution in [3.8, 4) is 11.5 Å². The number of carbonyl (C=O) groups is 1. The number of nitrogens with zero attached hydrogens (tertiary/aromatic N) is 3. The molecular weight excluding hydrogens is 312 g/mol. The third-order valence-electron chi connectivity index (χ3n) is 4.24. The van der Waals surface area contributed by atoms with Crippen molar-refractivity contribution in [2.45, 2.75) is 27.7 Å². The van der Waals surface area contributed by atoms with Gasteiger partial charge in [-0.2, -0.15) is 5.10 Å². The van der Waals surface area contributed by atoms with E-state index in [0.717, 1.165) is 11.5 Å². The number of benzene rings is 1. The number of aryl methyl sites for hydroxylation is 2. The molecule has 2 heterocycles. The molecule has 3 rings (SSSR count). The molecule has 0 spiro atoms. The average molecular weight is 336 g/mol. The van der Waals surface area contributed by atoms with Crippen molar-refractivity contribution in [3.05, 3.63) is 65.6 Å². The van der Waals surface area contributed by atoms with E-state index in [2.05, 4.69) is 50.2 Å². The Morgan fingerprint density at radius 1 is 1.16 bits per heavy atom. The van der Waals surface area contributed by atoms with Crippen LogP contribution in [0.5, 0.6) is 0 Å². The monoisotopic (exact) mass is 336 g/mol. The fourth-order valence-electron chi connectivity index (χ4n) is 2.66. The maximum absolute atomic E-state index is 12.7. The number of rotatable bonds is 5. The molecule has 130 valence electrons. The van der Waals surface area contributed by atoms with Crippen LogP contribution < -0.4 is 5.32 Å². The van der Waals surface area contributed by atoms with Gasteiger partial charge in [0.1, 0.15) is 5.56 Å². The molecule has 25 heavy (non-hydrogen) atoms. The number of nitrogens with one attached hydrogen (secondary N) is 1. The van der Waals surface area contributed by atoms with Crippen LogP contribution >= 0.6 is 0 Å². The highest BCUT2D eigenvalue weighted by Crippen LogP contribution is 2.21. The second kappa shape index (κ2) is 6.97. The molecule has 1 aromatic carbocycles. The zero-order valence-electron chi connectivity index (χ0n) is 15.2. The van der Waals surface area contributed by atoms with Gasteiger partial charge in [-0.3, -0.25) is 4.79 Å².